The van der Waals surface area contributed by atoms with Crippen LogP contribution in [-0.4, -0.2) is 9.38 Å². The van der Waals surface area contributed by atoms with Crippen LogP contribution in [0.5, 0.6) is 0 Å². The molecule has 2 heterocycles. The molecule has 2 aromatic heterocycles. The topological polar surface area (TPSA) is 17.3 Å². The van der Waals surface area contributed by atoms with Gasteiger partial charge in [0, 0.05) is 18.2 Å². The lowest BCUT2D eigenvalue weighted by molar-refractivity contribution is 1.03. The Morgan fingerprint density at radius 1 is 0.917 bits per heavy atom. The van der Waals surface area contributed by atoms with Crippen molar-refractivity contribution in [1.29, 1.82) is 0 Å². The van der Waals surface area contributed by atoms with Crippen molar-refractivity contribution in [3.8, 4) is 11.3 Å². The number of nitrogens with zero attached hydrogens (tertiary/aromatic N) is 2. The summed E-state index contributed by atoms with van der Waals surface area (Å²) < 4.78 is 2.10. The van der Waals surface area contributed by atoms with Crippen LogP contribution in [0.4, 0.5) is 0 Å². The van der Waals surface area contributed by atoms with Crippen LogP contribution < -0.4 is 0 Å². The van der Waals surface area contributed by atoms with Gasteiger partial charge in [0.25, 0.3) is 0 Å². The van der Waals surface area contributed by atoms with Crippen LogP contribution in [0.25, 0.3) is 16.9 Å². The summed E-state index contributed by atoms with van der Waals surface area (Å²) >= 11 is 6.22. The highest BCUT2D eigenvalue weighted by molar-refractivity contribution is 6.30. The number of hydrogen-bond acceptors (Lipinski definition) is 1. The highest BCUT2D eigenvalue weighted by Gasteiger charge is 2.14. The van der Waals surface area contributed by atoms with E-state index < -0.39 is 0 Å². The van der Waals surface area contributed by atoms with Crippen LogP contribution in [-0.2, 0) is 6.42 Å². The zero-order chi connectivity index (χ0) is 16.5. The van der Waals surface area contributed by atoms with E-state index in [1.54, 1.807) is 0 Å². The molecule has 3 heteroatoms. The van der Waals surface area contributed by atoms with Crippen LogP contribution in [0, 0.1) is 6.92 Å². The fourth-order valence-electron chi connectivity index (χ4n) is 2.96. The van der Waals surface area contributed by atoms with Gasteiger partial charge in [-0.3, -0.25) is 0 Å². The third kappa shape index (κ3) is 2.81. The maximum absolute atomic E-state index is 6.22. The van der Waals surface area contributed by atoms with Gasteiger partial charge in [-0.25, -0.2) is 4.98 Å². The van der Waals surface area contributed by atoms with Gasteiger partial charge in [-0.2, -0.15) is 0 Å². The molecule has 0 aliphatic heterocycles. The molecule has 24 heavy (non-hydrogen) atoms. The van der Waals surface area contributed by atoms with Crippen LogP contribution in [0.1, 0.15) is 16.8 Å². The number of fused-ring (bicyclic) bond motifs is 1. The van der Waals surface area contributed by atoms with E-state index in [-0.39, 0.29) is 0 Å². The summed E-state index contributed by atoms with van der Waals surface area (Å²) in [7, 11) is 0. The summed E-state index contributed by atoms with van der Waals surface area (Å²) in [6.45, 7) is 2.10. The fourth-order valence-corrected chi connectivity index (χ4v) is 3.12. The average Bonchev–Trinajstić information content (AvgIpc) is 2.95. The predicted octanol–water partition coefficient (Wildman–Crippen LogP) is 5.55. The van der Waals surface area contributed by atoms with E-state index in [4.69, 9.17) is 16.6 Å². The van der Waals surface area contributed by atoms with Crippen molar-refractivity contribution in [3.63, 3.8) is 0 Å². The zero-order valence-corrected chi connectivity index (χ0v) is 14.2. The Morgan fingerprint density at radius 2 is 1.67 bits per heavy atom. The lowest BCUT2D eigenvalue weighted by Crippen LogP contribution is -1.97. The minimum Gasteiger partial charge on any atom is -0.302 e. The number of hydrogen-bond donors (Lipinski definition) is 0. The molecule has 0 radical (unpaired) electrons. The largest absolute Gasteiger partial charge is 0.302 e. The van der Waals surface area contributed by atoms with E-state index in [9.17, 15) is 0 Å². The summed E-state index contributed by atoms with van der Waals surface area (Å²) in [6.07, 6.45) is 2.76. The van der Waals surface area contributed by atoms with Crippen molar-refractivity contribution in [2.75, 3.05) is 0 Å². The molecule has 0 unspecified atom stereocenters. The molecular formula is C21H17ClN2. The summed E-state index contributed by atoms with van der Waals surface area (Å²) in [4.78, 5) is 4.84. The number of pyridine rings is 1. The lowest BCUT2D eigenvalue weighted by atomic mass is 10.0. The Labute approximate surface area is 146 Å². The number of rotatable bonds is 3. The first-order valence-electron chi connectivity index (χ1n) is 7.98. The van der Waals surface area contributed by atoms with Crippen LogP contribution in [0.3, 0.4) is 0 Å². The second kappa shape index (κ2) is 6.14. The second-order valence-electron chi connectivity index (χ2n) is 6.01. The van der Waals surface area contributed by atoms with Gasteiger partial charge >= 0.3 is 0 Å². The Hall–Kier alpha value is -2.58. The molecule has 2 nitrogen and oxygen atoms in total. The van der Waals surface area contributed by atoms with Crippen molar-refractivity contribution < 1.29 is 0 Å². The molecule has 4 rings (SSSR count). The number of aromatic nitrogens is 2. The quantitative estimate of drug-likeness (QED) is 0.480. The van der Waals surface area contributed by atoms with Crippen molar-refractivity contribution in [2.24, 2.45) is 0 Å². The lowest BCUT2D eigenvalue weighted by Gasteiger charge is -2.07. The van der Waals surface area contributed by atoms with Crippen molar-refractivity contribution in [1.82, 2.24) is 9.38 Å². The van der Waals surface area contributed by atoms with E-state index in [1.807, 2.05) is 36.5 Å². The minimum atomic E-state index is 0.713. The molecule has 0 amide bonds. The maximum atomic E-state index is 6.22. The van der Waals surface area contributed by atoms with Crippen LogP contribution >= 0.6 is 11.6 Å². The number of imidazole rings is 1. The van der Waals surface area contributed by atoms with Crippen molar-refractivity contribution in [2.45, 2.75) is 13.3 Å². The molecular weight excluding hydrogens is 316 g/mol. The molecule has 2 aromatic carbocycles. The highest BCUT2D eigenvalue weighted by Crippen LogP contribution is 2.27. The third-order valence-corrected chi connectivity index (χ3v) is 4.44. The minimum absolute atomic E-state index is 0.713. The third-order valence-electron chi connectivity index (χ3n) is 4.22. The first-order valence-corrected chi connectivity index (χ1v) is 8.36. The predicted molar refractivity (Wildman–Crippen MR) is 99.6 cm³/mol. The number of aryl methyl sites for hydroxylation is 1. The second-order valence-corrected chi connectivity index (χ2v) is 6.45. The SMILES string of the molecule is Cc1ccc(Cc2c(-c3ccccc3)nc3ccc(Cl)cn23)cc1. The van der Waals surface area contributed by atoms with E-state index in [1.165, 1.54) is 11.1 Å². The van der Waals surface area contributed by atoms with E-state index in [0.29, 0.717) is 5.02 Å². The molecule has 4 aromatic rings. The van der Waals surface area contributed by atoms with E-state index >= 15 is 0 Å². The van der Waals surface area contributed by atoms with Gasteiger partial charge in [0.05, 0.1) is 16.4 Å². The van der Waals surface area contributed by atoms with Crippen LogP contribution in [0.2, 0.25) is 5.02 Å². The maximum Gasteiger partial charge on any atom is 0.137 e. The van der Waals surface area contributed by atoms with Gasteiger partial charge in [0.15, 0.2) is 0 Å². The molecule has 118 valence electrons. The molecule has 0 N–H and O–H groups in total. The molecule has 0 fully saturated rings. The molecule has 0 atom stereocenters. The Bertz CT molecular complexity index is 986. The normalized spacial score (nSPS) is 11.1. The van der Waals surface area contributed by atoms with Crippen molar-refractivity contribution in [3.05, 3.63) is 94.8 Å². The Kier molecular flexibility index (Phi) is 3.83. The van der Waals surface area contributed by atoms with Gasteiger partial charge < -0.3 is 4.40 Å². The van der Waals surface area contributed by atoms with E-state index in [2.05, 4.69) is 47.7 Å². The first kappa shape index (κ1) is 15.0. The zero-order valence-electron chi connectivity index (χ0n) is 13.4. The molecule has 0 bridgehead atoms. The number of halogens is 1. The van der Waals surface area contributed by atoms with Gasteiger partial charge in [-0.1, -0.05) is 71.8 Å². The van der Waals surface area contributed by atoms with E-state index in [0.717, 1.165) is 29.0 Å². The molecule has 0 spiro atoms. The summed E-state index contributed by atoms with van der Waals surface area (Å²) in [5.74, 6) is 0. The Morgan fingerprint density at radius 3 is 2.42 bits per heavy atom. The molecule has 0 aliphatic carbocycles. The van der Waals surface area contributed by atoms with Gasteiger partial charge in [0.1, 0.15) is 5.65 Å². The number of benzene rings is 2. The summed E-state index contributed by atoms with van der Waals surface area (Å²) in [5.41, 5.74) is 6.74. The molecule has 0 saturated carbocycles. The summed E-state index contributed by atoms with van der Waals surface area (Å²) in [6, 6.07) is 22.8. The monoisotopic (exact) mass is 332 g/mol. The molecule has 0 aliphatic rings. The standard InChI is InChI=1S/C21H17ClN2/c1-15-7-9-16(10-8-15)13-19-21(17-5-3-2-4-6-17)23-20-12-11-18(22)14-24(19)20/h2-12,14H,13H2,1H3. The smallest absolute Gasteiger partial charge is 0.137 e. The molecule has 0 saturated heterocycles. The average molecular weight is 333 g/mol. The first-order chi connectivity index (χ1) is 11.7. The summed E-state index contributed by atoms with van der Waals surface area (Å²) in [5, 5.41) is 0.713. The highest BCUT2D eigenvalue weighted by atomic mass is 35.5. The van der Waals surface area contributed by atoms with Crippen LogP contribution in [0.15, 0.2) is 72.9 Å². The van der Waals surface area contributed by atoms with Gasteiger partial charge in [0.2, 0.25) is 0 Å². The Balaban J connectivity index is 1.90. The van der Waals surface area contributed by atoms with Gasteiger partial charge in [-0.15, -0.1) is 0 Å². The fraction of sp³-hybridized carbons (Fsp3) is 0.0952. The van der Waals surface area contributed by atoms with Crippen molar-refractivity contribution >= 4 is 17.2 Å². The van der Waals surface area contributed by atoms with Gasteiger partial charge in [-0.05, 0) is 24.6 Å².